The lowest BCUT2D eigenvalue weighted by molar-refractivity contribution is -0.212. The molecule has 0 aliphatic carbocycles. The largest absolute Gasteiger partial charge is 0.359 e. The normalized spacial score (nSPS) is 9.83. The third-order valence-electron chi connectivity index (χ3n) is 2.41. The van der Waals surface area contributed by atoms with Crippen LogP contribution in [0.1, 0.15) is 11.1 Å². The van der Waals surface area contributed by atoms with Crippen molar-refractivity contribution in [2.75, 3.05) is 0 Å². The molecular weight excluding hydrogens is 228 g/mol. The van der Waals surface area contributed by atoms with E-state index in [1.807, 2.05) is 49.4 Å². The summed E-state index contributed by atoms with van der Waals surface area (Å²) in [5.74, 6) is 0.110. The highest BCUT2D eigenvalue weighted by Gasteiger charge is 2.06. The molecule has 0 atom stereocenters. The van der Waals surface area contributed by atoms with E-state index in [9.17, 15) is 4.79 Å². The van der Waals surface area contributed by atoms with E-state index in [2.05, 4.69) is 0 Å². The molecule has 0 spiro atoms. The van der Waals surface area contributed by atoms with Gasteiger partial charge in [-0.3, -0.25) is 9.78 Å². The van der Waals surface area contributed by atoms with Crippen LogP contribution < -0.4 is 4.89 Å². The van der Waals surface area contributed by atoms with Crippen molar-refractivity contribution in [3.05, 3.63) is 65.7 Å². The van der Waals surface area contributed by atoms with Gasteiger partial charge in [0.2, 0.25) is 0 Å². The summed E-state index contributed by atoms with van der Waals surface area (Å²) >= 11 is 0. The highest BCUT2D eigenvalue weighted by molar-refractivity contribution is 5.72. The molecule has 0 radical (unpaired) electrons. The molecule has 18 heavy (non-hydrogen) atoms. The minimum Gasteiger partial charge on any atom is -0.287 e. The van der Waals surface area contributed by atoms with Gasteiger partial charge >= 0.3 is 5.97 Å². The summed E-state index contributed by atoms with van der Waals surface area (Å²) in [5.41, 5.74) is 1.95. The second-order valence-corrected chi connectivity index (χ2v) is 4.02. The van der Waals surface area contributed by atoms with E-state index in [0.29, 0.717) is 5.75 Å². The first-order valence-electron chi connectivity index (χ1n) is 5.72. The maximum atomic E-state index is 11.5. The molecule has 0 heterocycles. The molecule has 2 aromatic rings. The predicted octanol–water partition coefficient (Wildman–Crippen LogP) is 3.07. The average Bonchev–Trinajstić information content (AvgIpc) is 2.38. The lowest BCUT2D eigenvalue weighted by Gasteiger charge is -2.05. The highest BCUT2D eigenvalue weighted by atomic mass is 17.2. The Labute approximate surface area is 106 Å². The van der Waals surface area contributed by atoms with E-state index in [0.717, 1.165) is 11.1 Å². The molecule has 92 valence electrons. The maximum Gasteiger partial charge on any atom is 0.359 e. The molecule has 0 fully saturated rings. The van der Waals surface area contributed by atoms with Crippen LogP contribution in [-0.4, -0.2) is 5.97 Å². The fourth-order valence-corrected chi connectivity index (χ4v) is 1.55. The van der Waals surface area contributed by atoms with E-state index in [1.165, 1.54) is 0 Å². The van der Waals surface area contributed by atoms with Gasteiger partial charge in [0.15, 0.2) is 5.75 Å². The van der Waals surface area contributed by atoms with Crippen LogP contribution in [0.5, 0.6) is 5.75 Å². The van der Waals surface area contributed by atoms with E-state index in [1.54, 1.807) is 12.1 Å². The van der Waals surface area contributed by atoms with Crippen LogP contribution in [0.4, 0.5) is 0 Å². The van der Waals surface area contributed by atoms with Crippen LogP contribution in [0.2, 0.25) is 0 Å². The van der Waals surface area contributed by atoms with Crippen molar-refractivity contribution in [2.24, 2.45) is 0 Å². The highest BCUT2D eigenvalue weighted by Crippen LogP contribution is 2.13. The number of benzene rings is 2. The molecule has 0 N–H and O–H groups in total. The third-order valence-corrected chi connectivity index (χ3v) is 2.41. The molecule has 0 aliphatic rings. The molecular formula is C15H14O3. The molecule has 0 amide bonds. The van der Waals surface area contributed by atoms with Crippen molar-refractivity contribution in [3.8, 4) is 5.75 Å². The van der Waals surface area contributed by atoms with Gasteiger partial charge in [0, 0.05) is 0 Å². The Morgan fingerprint density at radius 3 is 2.56 bits per heavy atom. The zero-order valence-electron chi connectivity index (χ0n) is 10.1. The first-order chi connectivity index (χ1) is 8.74. The second-order valence-electron chi connectivity index (χ2n) is 4.02. The summed E-state index contributed by atoms with van der Waals surface area (Å²) in [6, 6.07) is 16.7. The SMILES string of the molecule is Cc1cccc(OOC(=O)Cc2ccccc2)c1. The van der Waals surface area contributed by atoms with E-state index >= 15 is 0 Å². The number of carbonyl (C=O) groups excluding carboxylic acids is 1. The van der Waals surface area contributed by atoms with Gasteiger partial charge in [-0.05, 0) is 30.2 Å². The van der Waals surface area contributed by atoms with Crippen LogP contribution in [0, 0.1) is 6.92 Å². The molecule has 2 rings (SSSR count). The summed E-state index contributed by atoms with van der Waals surface area (Å²) < 4.78 is 0. The first-order valence-corrected chi connectivity index (χ1v) is 5.72. The van der Waals surface area contributed by atoms with Gasteiger partial charge in [-0.1, -0.05) is 42.5 Å². The predicted molar refractivity (Wildman–Crippen MR) is 68.0 cm³/mol. The van der Waals surface area contributed by atoms with Crippen LogP contribution >= 0.6 is 0 Å². The van der Waals surface area contributed by atoms with Gasteiger partial charge in [0.05, 0.1) is 6.42 Å². The molecule has 0 saturated heterocycles. The van der Waals surface area contributed by atoms with E-state index < -0.39 is 5.97 Å². The quantitative estimate of drug-likeness (QED) is 0.610. The minimum atomic E-state index is -0.414. The first kappa shape index (κ1) is 12.2. The van der Waals surface area contributed by atoms with Gasteiger partial charge in [0.25, 0.3) is 0 Å². The average molecular weight is 242 g/mol. The molecule has 2 aromatic carbocycles. The van der Waals surface area contributed by atoms with Crippen molar-refractivity contribution >= 4 is 5.97 Å². The fraction of sp³-hybridized carbons (Fsp3) is 0.133. The lowest BCUT2D eigenvalue weighted by atomic mass is 10.2. The maximum absolute atomic E-state index is 11.5. The van der Waals surface area contributed by atoms with Crippen LogP contribution in [0.3, 0.4) is 0 Å². The topological polar surface area (TPSA) is 35.5 Å². The third kappa shape index (κ3) is 3.63. The molecule has 0 saturated carbocycles. The molecule has 3 heteroatoms. The van der Waals surface area contributed by atoms with Crippen LogP contribution in [0.15, 0.2) is 54.6 Å². The van der Waals surface area contributed by atoms with Crippen molar-refractivity contribution in [1.29, 1.82) is 0 Å². The number of hydrogen-bond donors (Lipinski definition) is 0. The van der Waals surface area contributed by atoms with Gasteiger partial charge in [-0.25, -0.2) is 4.79 Å². The number of rotatable bonds is 4. The lowest BCUT2D eigenvalue weighted by Crippen LogP contribution is -2.10. The van der Waals surface area contributed by atoms with Crippen molar-refractivity contribution < 1.29 is 14.6 Å². The van der Waals surface area contributed by atoms with Gasteiger partial charge in [-0.15, -0.1) is 0 Å². The van der Waals surface area contributed by atoms with Crippen molar-refractivity contribution in [2.45, 2.75) is 13.3 Å². The minimum absolute atomic E-state index is 0.201. The Morgan fingerprint density at radius 2 is 1.83 bits per heavy atom. The zero-order chi connectivity index (χ0) is 12.8. The number of hydrogen-bond acceptors (Lipinski definition) is 3. The van der Waals surface area contributed by atoms with Crippen molar-refractivity contribution in [3.63, 3.8) is 0 Å². The second kappa shape index (κ2) is 5.87. The van der Waals surface area contributed by atoms with E-state index in [-0.39, 0.29) is 6.42 Å². The fourth-order valence-electron chi connectivity index (χ4n) is 1.55. The van der Waals surface area contributed by atoms with Gasteiger partial charge in [0.1, 0.15) is 0 Å². The Balaban J connectivity index is 1.85. The molecule has 0 bridgehead atoms. The standard InChI is InChI=1S/C15H14O3/c1-12-6-5-9-14(10-12)17-18-15(16)11-13-7-3-2-4-8-13/h2-10H,11H2,1H3. The van der Waals surface area contributed by atoms with Gasteiger partial charge < -0.3 is 0 Å². The smallest absolute Gasteiger partial charge is 0.287 e. The number of aryl methyl sites for hydroxylation is 1. The van der Waals surface area contributed by atoms with Gasteiger partial charge in [-0.2, -0.15) is 0 Å². The van der Waals surface area contributed by atoms with Crippen LogP contribution in [-0.2, 0) is 16.1 Å². The summed E-state index contributed by atoms with van der Waals surface area (Å²) in [4.78, 5) is 21.2. The molecule has 3 nitrogen and oxygen atoms in total. The monoisotopic (exact) mass is 242 g/mol. The van der Waals surface area contributed by atoms with Crippen molar-refractivity contribution in [1.82, 2.24) is 0 Å². The van der Waals surface area contributed by atoms with Crippen LogP contribution in [0.25, 0.3) is 0 Å². The Kier molecular flexibility index (Phi) is 3.97. The number of carbonyl (C=O) groups is 1. The summed E-state index contributed by atoms with van der Waals surface area (Å²) in [6.45, 7) is 1.94. The Bertz CT molecular complexity index is 520. The summed E-state index contributed by atoms with van der Waals surface area (Å²) in [7, 11) is 0. The molecule has 0 aromatic heterocycles. The summed E-state index contributed by atoms with van der Waals surface area (Å²) in [5, 5.41) is 0. The Hall–Kier alpha value is -2.29. The summed E-state index contributed by atoms with van der Waals surface area (Å²) in [6.07, 6.45) is 0.201. The molecule has 0 unspecified atom stereocenters. The molecule has 0 aliphatic heterocycles. The zero-order valence-corrected chi connectivity index (χ0v) is 10.1. The van der Waals surface area contributed by atoms with E-state index in [4.69, 9.17) is 9.78 Å². The Morgan fingerprint density at radius 1 is 1.06 bits per heavy atom.